The second-order valence-corrected chi connectivity index (χ2v) is 9.72. The van der Waals surface area contributed by atoms with E-state index in [-0.39, 0.29) is 11.9 Å². The molecule has 1 fully saturated rings. The molecule has 158 valence electrons. The molecule has 1 atom stereocenters. The number of nitrogens with one attached hydrogen (secondary N) is 1. The van der Waals surface area contributed by atoms with Crippen LogP contribution < -0.4 is 5.32 Å². The number of hydrogen-bond donors (Lipinski definition) is 1. The number of carbonyl (C=O) groups excluding carboxylic acids is 1. The Bertz CT molecular complexity index is 975. The Morgan fingerprint density at radius 2 is 1.90 bits per heavy atom. The van der Waals surface area contributed by atoms with Crippen molar-refractivity contribution in [3.63, 3.8) is 0 Å². The SMILES string of the molecule is CSc1ccc([C@@H](c2cc(C)sc2NC(=O)c2ccco2)N2CCN(C)CC2)cc1. The molecule has 2 aromatic heterocycles. The van der Waals surface area contributed by atoms with Gasteiger partial charge >= 0.3 is 0 Å². The standard InChI is InChI=1S/C23H27N3O2S2/c1-16-15-19(23(30-16)24-22(27)20-5-4-14-28-20)21(26-12-10-25(2)11-13-26)17-6-8-18(29-3)9-7-17/h4-9,14-15,21H,10-13H2,1-3H3,(H,24,27)/t21-/m0/s1. The van der Waals surface area contributed by atoms with Crippen molar-refractivity contribution in [2.45, 2.75) is 17.9 Å². The van der Waals surface area contributed by atoms with Gasteiger partial charge in [-0.15, -0.1) is 23.1 Å². The van der Waals surface area contributed by atoms with Crippen molar-refractivity contribution in [1.29, 1.82) is 0 Å². The highest BCUT2D eigenvalue weighted by Gasteiger charge is 2.29. The normalized spacial score (nSPS) is 16.5. The van der Waals surface area contributed by atoms with E-state index in [1.54, 1.807) is 35.2 Å². The zero-order chi connectivity index (χ0) is 21.1. The van der Waals surface area contributed by atoms with E-state index in [0.29, 0.717) is 5.76 Å². The minimum Gasteiger partial charge on any atom is -0.459 e. The van der Waals surface area contributed by atoms with Crippen LogP contribution in [0.15, 0.2) is 58.0 Å². The number of thioether (sulfide) groups is 1. The van der Waals surface area contributed by atoms with Gasteiger partial charge in [-0.2, -0.15) is 0 Å². The minimum absolute atomic E-state index is 0.103. The Morgan fingerprint density at radius 1 is 1.17 bits per heavy atom. The molecule has 1 saturated heterocycles. The molecule has 1 aromatic carbocycles. The topological polar surface area (TPSA) is 48.7 Å². The molecule has 0 bridgehead atoms. The minimum atomic E-state index is -0.210. The van der Waals surface area contributed by atoms with Gasteiger partial charge in [-0.1, -0.05) is 12.1 Å². The lowest BCUT2D eigenvalue weighted by atomic mass is 9.97. The number of benzene rings is 1. The van der Waals surface area contributed by atoms with Crippen LogP contribution in [0.2, 0.25) is 0 Å². The van der Waals surface area contributed by atoms with E-state index >= 15 is 0 Å². The summed E-state index contributed by atoms with van der Waals surface area (Å²) in [5, 5.41) is 3.99. The van der Waals surface area contributed by atoms with E-state index in [1.165, 1.54) is 21.6 Å². The first-order valence-corrected chi connectivity index (χ1v) is 12.1. The molecule has 7 heteroatoms. The number of anilines is 1. The molecular weight excluding hydrogens is 414 g/mol. The highest BCUT2D eigenvalue weighted by molar-refractivity contribution is 7.98. The van der Waals surface area contributed by atoms with Crippen molar-refractivity contribution in [1.82, 2.24) is 9.80 Å². The maximum Gasteiger partial charge on any atom is 0.291 e. The van der Waals surface area contributed by atoms with Crippen molar-refractivity contribution < 1.29 is 9.21 Å². The van der Waals surface area contributed by atoms with E-state index in [1.807, 2.05) is 0 Å². The fourth-order valence-corrected chi connectivity index (χ4v) is 5.21. The lowest BCUT2D eigenvalue weighted by Gasteiger charge is -2.38. The van der Waals surface area contributed by atoms with Crippen LogP contribution in [-0.2, 0) is 0 Å². The summed E-state index contributed by atoms with van der Waals surface area (Å²) in [6.45, 7) is 6.15. The first-order valence-electron chi connectivity index (χ1n) is 10.1. The molecule has 4 rings (SSSR count). The van der Waals surface area contributed by atoms with E-state index < -0.39 is 0 Å². The van der Waals surface area contributed by atoms with Gasteiger partial charge in [0.05, 0.1) is 12.3 Å². The van der Waals surface area contributed by atoms with Crippen molar-refractivity contribution in [3.8, 4) is 0 Å². The van der Waals surface area contributed by atoms with Gasteiger partial charge in [0.2, 0.25) is 0 Å². The van der Waals surface area contributed by atoms with Crippen LogP contribution in [0.4, 0.5) is 5.00 Å². The van der Waals surface area contributed by atoms with Gasteiger partial charge in [-0.3, -0.25) is 9.69 Å². The fraction of sp³-hybridized carbons (Fsp3) is 0.348. The second kappa shape index (κ2) is 9.39. The molecule has 0 unspecified atom stereocenters. The summed E-state index contributed by atoms with van der Waals surface area (Å²) in [5.41, 5.74) is 2.41. The highest BCUT2D eigenvalue weighted by Crippen LogP contribution is 2.40. The molecule has 1 aliphatic rings. The third-order valence-corrected chi connectivity index (χ3v) is 7.21. The highest BCUT2D eigenvalue weighted by atomic mass is 32.2. The summed E-state index contributed by atoms with van der Waals surface area (Å²) in [5.74, 6) is 0.116. The number of likely N-dealkylation sites (N-methyl/N-ethyl adjacent to an activating group) is 1. The Morgan fingerprint density at radius 3 is 2.53 bits per heavy atom. The molecular formula is C23H27N3O2S2. The molecule has 0 aliphatic carbocycles. The summed E-state index contributed by atoms with van der Waals surface area (Å²) < 4.78 is 5.29. The maximum absolute atomic E-state index is 12.7. The number of carbonyl (C=O) groups is 1. The van der Waals surface area contributed by atoms with Gasteiger partial charge in [-0.25, -0.2) is 0 Å². The predicted octanol–water partition coefficient (Wildman–Crippen LogP) is 4.96. The fourth-order valence-electron chi connectivity index (χ4n) is 3.86. The van der Waals surface area contributed by atoms with E-state index in [9.17, 15) is 4.79 Å². The number of thiophene rings is 1. The van der Waals surface area contributed by atoms with Crippen LogP contribution in [0.3, 0.4) is 0 Å². The smallest absolute Gasteiger partial charge is 0.291 e. The zero-order valence-electron chi connectivity index (χ0n) is 17.6. The molecule has 0 spiro atoms. The molecule has 3 heterocycles. The molecule has 1 N–H and O–H groups in total. The van der Waals surface area contributed by atoms with Crippen LogP contribution in [-0.4, -0.2) is 55.2 Å². The van der Waals surface area contributed by atoms with Crippen molar-refractivity contribution in [3.05, 3.63) is 70.5 Å². The largest absolute Gasteiger partial charge is 0.459 e. The van der Waals surface area contributed by atoms with Crippen molar-refractivity contribution in [2.75, 3.05) is 44.8 Å². The number of rotatable bonds is 6. The first kappa shape index (κ1) is 21.2. The number of hydrogen-bond acceptors (Lipinski definition) is 6. The number of piperazine rings is 1. The monoisotopic (exact) mass is 441 g/mol. The summed E-state index contributed by atoms with van der Waals surface area (Å²) in [6, 6.07) is 14.6. The van der Waals surface area contributed by atoms with Crippen LogP contribution in [0.5, 0.6) is 0 Å². The molecule has 5 nitrogen and oxygen atoms in total. The van der Waals surface area contributed by atoms with E-state index in [4.69, 9.17) is 4.42 Å². The zero-order valence-corrected chi connectivity index (χ0v) is 19.2. The van der Waals surface area contributed by atoms with Gasteiger partial charge in [0, 0.05) is 41.5 Å². The Labute approximate surface area is 186 Å². The maximum atomic E-state index is 12.7. The number of amides is 1. The van der Waals surface area contributed by atoms with Crippen LogP contribution in [0, 0.1) is 6.92 Å². The molecule has 30 heavy (non-hydrogen) atoms. The average Bonchev–Trinajstić information content (AvgIpc) is 3.41. The van der Waals surface area contributed by atoms with Crippen molar-refractivity contribution >= 4 is 34.0 Å². The predicted molar refractivity (Wildman–Crippen MR) is 125 cm³/mol. The third kappa shape index (κ3) is 4.64. The van der Waals surface area contributed by atoms with Crippen LogP contribution >= 0.6 is 23.1 Å². The van der Waals surface area contributed by atoms with Crippen LogP contribution in [0.25, 0.3) is 0 Å². The summed E-state index contributed by atoms with van der Waals surface area (Å²) >= 11 is 3.37. The summed E-state index contributed by atoms with van der Waals surface area (Å²) in [4.78, 5) is 20.0. The number of furan rings is 1. The van der Waals surface area contributed by atoms with Gasteiger partial charge < -0.3 is 14.6 Å². The van der Waals surface area contributed by atoms with E-state index in [2.05, 4.69) is 65.7 Å². The van der Waals surface area contributed by atoms with Crippen molar-refractivity contribution in [2.24, 2.45) is 0 Å². The molecule has 0 radical (unpaired) electrons. The van der Waals surface area contributed by atoms with Crippen LogP contribution in [0.1, 0.15) is 32.6 Å². The third-order valence-electron chi connectivity index (χ3n) is 5.49. The van der Waals surface area contributed by atoms with Gasteiger partial charge in [0.1, 0.15) is 5.00 Å². The number of nitrogens with zero attached hydrogens (tertiary/aromatic N) is 2. The second-order valence-electron chi connectivity index (χ2n) is 7.59. The molecule has 0 saturated carbocycles. The Kier molecular flexibility index (Phi) is 6.63. The van der Waals surface area contributed by atoms with Gasteiger partial charge in [-0.05, 0) is 56.1 Å². The quantitative estimate of drug-likeness (QED) is 0.548. The lowest BCUT2D eigenvalue weighted by Crippen LogP contribution is -2.46. The number of aryl methyl sites for hydroxylation is 1. The molecule has 1 aliphatic heterocycles. The molecule has 1 amide bonds. The summed E-state index contributed by atoms with van der Waals surface area (Å²) in [7, 11) is 2.17. The Hall–Kier alpha value is -2.06. The average molecular weight is 442 g/mol. The molecule has 3 aromatic rings. The summed E-state index contributed by atoms with van der Waals surface area (Å²) in [6.07, 6.45) is 3.62. The van der Waals surface area contributed by atoms with E-state index in [0.717, 1.165) is 36.7 Å². The van der Waals surface area contributed by atoms with Gasteiger partial charge in [0.15, 0.2) is 5.76 Å². The first-order chi connectivity index (χ1) is 14.5. The Balaban J connectivity index is 1.70. The van der Waals surface area contributed by atoms with Gasteiger partial charge in [0.25, 0.3) is 5.91 Å². The lowest BCUT2D eigenvalue weighted by molar-refractivity contribution is 0.0996.